The molecule has 30 heavy (non-hydrogen) atoms. The van der Waals surface area contributed by atoms with Crippen LogP contribution in [0.2, 0.25) is 0 Å². The van der Waals surface area contributed by atoms with E-state index in [1.54, 1.807) is 0 Å². The zero-order valence-corrected chi connectivity index (χ0v) is 17.3. The van der Waals surface area contributed by atoms with Crippen LogP contribution in [-0.4, -0.2) is 41.0 Å². The number of aryl methyl sites for hydroxylation is 1. The summed E-state index contributed by atoms with van der Waals surface area (Å²) >= 11 is 0. The highest BCUT2D eigenvalue weighted by Gasteiger charge is 2.18. The van der Waals surface area contributed by atoms with Crippen LogP contribution in [0, 0.1) is 6.92 Å². The number of hydrogen-bond donors (Lipinski definition) is 0. The normalized spacial score (nSPS) is 15.4. The highest BCUT2D eigenvalue weighted by Crippen LogP contribution is 2.27. The summed E-state index contributed by atoms with van der Waals surface area (Å²) < 4.78 is 6.15. The Balaban J connectivity index is 1.29. The van der Waals surface area contributed by atoms with Crippen LogP contribution in [0.25, 0.3) is 22.1 Å². The number of rotatable bonds is 4. The summed E-state index contributed by atoms with van der Waals surface area (Å²) in [7, 11) is 0. The predicted octanol–water partition coefficient (Wildman–Crippen LogP) is 4.91. The van der Waals surface area contributed by atoms with E-state index in [1.165, 1.54) is 16.7 Å². The van der Waals surface area contributed by atoms with Gasteiger partial charge in [0, 0.05) is 44.0 Å². The number of hydrogen-bond acceptors (Lipinski definition) is 5. The van der Waals surface area contributed by atoms with E-state index in [9.17, 15) is 0 Å². The maximum atomic E-state index is 6.15. The summed E-state index contributed by atoms with van der Waals surface area (Å²) in [5, 5.41) is 1.16. The largest absolute Gasteiger partial charge is 0.460 e. The van der Waals surface area contributed by atoms with Crippen LogP contribution in [0.3, 0.4) is 0 Å². The Morgan fingerprint density at radius 2 is 1.67 bits per heavy atom. The molecule has 0 aliphatic carbocycles. The van der Waals surface area contributed by atoms with Gasteiger partial charge in [0.25, 0.3) is 0 Å². The number of furan rings is 1. The van der Waals surface area contributed by atoms with Gasteiger partial charge in [0.05, 0.1) is 6.54 Å². The molecule has 0 spiro atoms. The second-order valence-corrected chi connectivity index (χ2v) is 8.00. The first-order chi connectivity index (χ1) is 14.7. The van der Waals surface area contributed by atoms with Gasteiger partial charge in [0.15, 0.2) is 0 Å². The standard InChI is InChI=1S/C25H26N4O/c1-19-4-6-20(7-5-19)21-8-9-24-22(16-21)17-23(30-24)18-28-12-3-13-29(15-14-28)25-26-10-2-11-27-25/h2,4-11,16-17H,3,12-15,18H2,1H3. The molecular formula is C25H26N4O. The van der Waals surface area contributed by atoms with E-state index in [0.29, 0.717) is 0 Å². The monoisotopic (exact) mass is 398 g/mol. The molecule has 5 heteroatoms. The SMILES string of the molecule is Cc1ccc(-c2ccc3oc(CN4CCCN(c5ncccn5)CC4)cc3c2)cc1. The van der Waals surface area contributed by atoms with Crippen LogP contribution < -0.4 is 4.90 Å². The fraction of sp³-hybridized carbons (Fsp3) is 0.280. The molecule has 0 saturated carbocycles. The summed E-state index contributed by atoms with van der Waals surface area (Å²) in [5.74, 6) is 1.85. The first kappa shape index (κ1) is 18.8. The minimum absolute atomic E-state index is 0.826. The highest BCUT2D eigenvalue weighted by molar-refractivity contribution is 5.84. The van der Waals surface area contributed by atoms with E-state index >= 15 is 0 Å². The molecule has 0 amide bonds. The van der Waals surface area contributed by atoms with Gasteiger partial charge in [-0.2, -0.15) is 0 Å². The average Bonchev–Trinajstić information content (AvgIpc) is 3.03. The van der Waals surface area contributed by atoms with E-state index in [2.05, 4.69) is 75.2 Å². The molecule has 2 aromatic heterocycles. The summed E-state index contributed by atoms with van der Waals surface area (Å²) in [6.45, 7) is 6.89. The van der Waals surface area contributed by atoms with E-state index in [-0.39, 0.29) is 0 Å². The molecule has 2 aromatic carbocycles. The van der Waals surface area contributed by atoms with Gasteiger partial charge < -0.3 is 9.32 Å². The van der Waals surface area contributed by atoms with Crippen LogP contribution in [-0.2, 0) is 6.54 Å². The van der Waals surface area contributed by atoms with Gasteiger partial charge in [0.1, 0.15) is 11.3 Å². The van der Waals surface area contributed by atoms with E-state index in [4.69, 9.17) is 4.42 Å². The maximum Gasteiger partial charge on any atom is 0.225 e. The molecule has 1 aliphatic rings. The smallest absolute Gasteiger partial charge is 0.225 e. The van der Waals surface area contributed by atoms with Gasteiger partial charge >= 0.3 is 0 Å². The first-order valence-corrected chi connectivity index (χ1v) is 10.6. The number of fused-ring (bicyclic) bond motifs is 1. The van der Waals surface area contributed by atoms with Crippen molar-refractivity contribution >= 4 is 16.9 Å². The highest BCUT2D eigenvalue weighted by atomic mass is 16.3. The molecule has 5 rings (SSSR count). The lowest BCUT2D eigenvalue weighted by atomic mass is 10.0. The van der Waals surface area contributed by atoms with Crippen molar-refractivity contribution in [2.75, 3.05) is 31.1 Å². The topological polar surface area (TPSA) is 45.4 Å². The molecule has 0 N–H and O–H groups in total. The minimum Gasteiger partial charge on any atom is -0.460 e. The average molecular weight is 399 g/mol. The number of anilines is 1. The van der Waals surface area contributed by atoms with Crippen molar-refractivity contribution in [2.45, 2.75) is 19.9 Å². The van der Waals surface area contributed by atoms with Crippen molar-refractivity contribution in [3.05, 3.63) is 78.3 Å². The summed E-state index contributed by atoms with van der Waals surface area (Å²) in [5.41, 5.74) is 4.69. The molecule has 152 valence electrons. The Kier molecular flexibility index (Phi) is 5.20. The van der Waals surface area contributed by atoms with Gasteiger partial charge in [-0.25, -0.2) is 9.97 Å². The van der Waals surface area contributed by atoms with Gasteiger partial charge in [0.2, 0.25) is 5.95 Å². The van der Waals surface area contributed by atoms with E-state index in [0.717, 1.165) is 61.8 Å². The molecule has 4 aromatic rings. The zero-order chi connectivity index (χ0) is 20.3. The first-order valence-electron chi connectivity index (χ1n) is 10.6. The van der Waals surface area contributed by atoms with Crippen LogP contribution in [0.4, 0.5) is 5.95 Å². The van der Waals surface area contributed by atoms with E-state index < -0.39 is 0 Å². The lowest BCUT2D eigenvalue weighted by Gasteiger charge is -2.21. The van der Waals surface area contributed by atoms with Crippen LogP contribution in [0.15, 0.2) is 71.4 Å². The molecule has 1 fully saturated rings. The molecule has 0 bridgehead atoms. The second-order valence-electron chi connectivity index (χ2n) is 8.00. The lowest BCUT2D eigenvalue weighted by molar-refractivity contribution is 0.263. The number of benzene rings is 2. The van der Waals surface area contributed by atoms with Crippen molar-refractivity contribution in [1.29, 1.82) is 0 Å². The third-order valence-corrected chi connectivity index (χ3v) is 5.76. The van der Waals surface area contributed by atoms with Crippen LogP contribution in [0.1, 0.15) is 17.7 Å². The molecule has 5 nitrogen and oxygen atoms in total. The van der Waals surface area contributed by atoms with Crippen LogP contribution >= 0.6 is 0 Å². The third kappa shape index (κ3) is 4.07. The Labute approximate surface area is 177 Å². The Morgan fingerprint density at radius 1 is 0.867 bits per heavy atom. The minimum atomic E-state index is 0.826. The van der Waals surface area contributed by atoms with Gasteiger partial charge in [-0.05, 0) is 48.7 Å². The Hall–Kier alpha value is -3.18. The van der Waals surface area contributed by atoms with Crippen molar-refractivity contribution in [3.8, 4) is 11.1 Å². The molecule has 1 saturated heterocycles. The summed E-state index contributed by atoms with van der Waals surface area (Å²) in [6.07, 6.45) is 4.71. The molecule has 0 atom stereocenters. The Morgan fingerprint density at radius 3 is 2.50 bits per heavy atom. The van der Waals surface area contributed by atoms with Gasteiger partial charge in [-0.1, -0.05) is 35.9 Å². The van der Waals surface area contributed by atoms with Crippen molar-refractivity contribution < 1.29 is 4.42 Å². The van der Waals surface area contributed by atoms with Crippen LogP contribution in [0.5, 0.6) is 0 Å². The number of aromatic nitrogens is 2. The lowest BCUT2D eigenvalue weighted by Crippen LogP contribution is -2.31. The van der Waals surface area contributed by atoms with Crippen molar-refractivity contribution in [1.82, 2.24) is 14.9 Å². The Bertz CT molecular complexity index is 1120. The predicted molar refractivity (Wildman–Crippen MR) is 121 cm³/mol. The molecule has 3 heterocycles. The molecule has 0 unspecified atom stereocenters. The summed E-state index contributed by atoms with van der Waals surface area (Å²) in [4.78, 5) is 13.5. The molecule has 0 radical (unpaired) electrons. The van der Waals surface area contributed by atoms with E-state index in [1.807, 2.05) is 18.5 Å². The van der Waals surface area contributed by atoms with Crippen molar-refractivity contribution in [3.63, 3.8) is 0 Å². The molecule has 1 aliphatic heterocycles. The van der Waals surface area contributed by atoms with Crippen molar-refractivity contribution in [2.24, 2.45) is 0 Å². The number of nitrogens with zero attached hydrogens (tertiary/aromatic N) is 4. The quantitative estimate of drug-likeness (QED) is 0.489. The molecular weight excluding hydrogens is 372 g/mol. The van der Waals surface area contributed by atoms with Gasteiger partial charge in [-0.3, -0.25) is 4.90 Å². The zero-order valence-electron chi connectivity index (χ0n) is 17.3. The summed E-state index contributed by atoms with van der Waals surface area (Å²) in [6, 6.07) is 19.2. The third-order valence-electron chi connectivity index (χ3n) is 5.76. The maximum absolute atomic E-state index is 6.15. The van der Waals surface area contributed by atoms with Gasteiger partial charge in [-0.15, -0.1) is 0 Å². The fourth-order valence-electron chi connectivity index (χ4n) is 4.11. The fourth-order valence-corrected chi connectivity index (χ4v) is 4.11. The second kappa shape index (κ2) is 8.28.